The molecule has 1 aromatic rings. The van der Waals surface area contributed by atoms with Crippen molar-refractivity contribution in [2.24, 2.45) is 0 Å². The third-order valence-electron chi connectivity index (χ3n) is 3.13. The number of nitrogens with one attached hydrogen (secondary N) is 1. The van der Waals surface area contributed by atoms with Crippen LogP contribution in [0.1, 0.15) is 37.8 Å². The quantitative estimate of drug-likeness (QED) is 0.816. The molecule has 1 aromatic carbocycles. The van der Waals surface area contributed by atoms with Gasteiger partial charge in [0.15, 0.2) is 0 Å². The van der Waals surface area contributed by atoms with Crippen LogP contribution in [0.5, 0.6) is 0 Å². The first kappa shape index (κ1) is 12.0. The molecule has 0 aliphatic carbocycles. The maximum Gasteiger partial charge on any atom is 0.328 e. The minimum Gasteiger partial charge on any atom is -0.464 e. The third-order valence-corrected chi connectivity index (χ3v) is 3.13. The maximum absolute atomic E-state index is 11.6. The zero-order valence-electron chi connectivity index (χ0n) is 10.6. The molecule has 0 radical (unpaired) electrons. The minimum absolute atomic E-state index is 0.158. The van der Waals surface area contributed by atoms with Crippen molar-refractivity contribution in [3.8, 4) is 0 Å². The molecule has 3 heteroatoms. The predicted octanol–water partition coefficient (Wildman–Crippen LogP) is 2.71. The van der Waals surface area contributed by atoms with Gasteiger partial charge in [-0.2, -0.15) is 0 Å². The van der Waals surface area contributed by atoms with E-state index in [-0.39, 0.29) is 12.0 Å². The minimum atomic E-state index is -0.215. The van der Waals surface area contributed by atoms with Crippen LogP contribution in [-0.2, 0) is 16.0 Å². The molecule has 1 heterocycles. The van der Waals surface area contributed by atoms with Crippen LogP contribution in [0.2, 0.25) is 0 Å². The molecule has 2 rings (SSSR count). The van der Waals surface area contributed by atoms with Crippen molar-refractivity contribution < 1.29 is 9.53 Å². The lowest BCUT2D eigenvalue weighted by atomic mass is 10.00. The molecule has 0 saturated heterocycles. The molecule has 1 atom stereocenters. The Morgan fingerprint density at radius 1 is 1.53 bits per heavy atom. The molecule has 0 spiro atoms. The predicted molar refractivity (Wildman–Crippen MR) is 68.3 cm³/mol. The van der Waals surface area contributed by atoms with Gasteiger partial charge < -0.3 is 10.1 Å². The van der Waals surface area contributed by atoms with E-state index in [2.05, 4.69) is 37.4 Å². The van der Waals surface area contributed by atoms with E-state index in [1.807, 2.05) is 6.92 Å². The number of benzene rings is 1. The normalized spacial score (nSPS) is 17.8. The molecule has 3 nitrogen and oxygen atoms in total. The summed E-state index contributed by atoms with van der Waals surface area (Å²) in [5.41, 5.74) is 3.57. The zero-order valence-corrected chi connectivity index (χ0v) is 10.6. The monoisotopic (exact) mass is 233 g/mol. The second-order valence-electron chi connectivity index (χ2n) is 4.72. The van der Waals surface area contributed by atoms with E-state index in [4.69, 9.17) is 4.74 Å². The lowest BCUT2D eigenvalue weighted by molar-refractivity contribution is -0.143. The molecule has 1 unspecified atom stereocenters. The van der Waals surface area contributed by atoms with Crippen LogP contribution in [0.25, 0.3) is 0 Å². The van der Waals surface area contributed by atoms with Crippen molar-refractivity contribution in [2.45, 2.75) is 39.2 Å². The molecule has 0 aromatic heterocycles. The summed E-state index contributed by atoms with van der Waals surface area (Å²) in [5.74, 6) is 0.346. The van der Waals surface area contributed by atoms with Crippen LogP contribution in [0, 0.1) is 0 Å². The first-order valence-corrected chi connectivity index (χ1v) is 6.17. The highest BCUT2D eigenvalue weighted by Crippen LogP contribution is 2.29. The van der Waals surface area contributed by atoms with Crippen molar-refractivity contribution >= 4 is 11.7 Å². The molecule has 0 bridgehead atoms. The second kappa shape index (κ2) is 4.78. The Bertz CT molecular complexity index is 426. The van der Waals surface area contributed by atoms with Crippen LogP contribution in [0.15, 0.2) is 18.2 Å². The van der Waals surface area contributed by atoms with Crippen molar-refractivity contribution in [2.75, 3.05) is 11.9 Å². The Hall–Kier alpha value is -1.51. The Balaban J connectivity index is 2.14. The summed E-state index contributed by atoms with van der Waals surface area (Å²) in [6.07, 6.45) is 0.729. The lowest BCUT2D eigenvalue weighted by Gasteiger charge is -2.10. The lowest BCUT2D eigenvalue weighted by Crippen LogP contribution is -2.28. The van der Waals surface area contributed by atoms with Gasteiger partial charge in [0.2, 0.25) is 0 Å². The van der Waals surface area contributed by atoms with E-state index >= 15 is 0 Å². The van der Waals surface area contributed by atoms with E-state index in [0.717, 1.165) is 12.1 Å². The summed E-state index contributed by atoms with van der Waals surface area (Å²) >= 11 is 0. The van der Waals surface area contributed by atoms with Gasteiger partial charge in [-0.05, 0) is 30.0 Å². The Morgan fingerprint density at radius 3 is 2.94 bits per heavy atom. The highest BCUT2D eigenvalue weighted by molar-refractivity contribution is 5.83. The van der Waals surface area contributed by atoms with E-state index in [1.165, 1.54) is 11.1 Å². The van der Waals surface area contributed by atoms with Gasteiger partial charge in [0, 0.05) is 12.1 Å². The summed E-state index contributed by atoms with van der Waals surface area (Å²) in [6, 6.07) is 6.17. The van der Waals surface area contributed by atoms with Gasteiger partial charge in [0.05, 0.1) is 6.61 Å². The first-order chi connectivity index (χ1) is 8.11. The molecule has 0 saturated carbocycles. The van der Waals surface area contributed by atoms with Crippen LogP contribution < -0.4 is 5.32 Å². The average molecular weight is 233 g/mol. The molecule has 17 heavy (non-hydrogen) atoms. The van der Waals surface area contributed by atoms with Crippen LogP contribution in [-0.4, -0.2) is 18.6 Å². The number of fused-ring (bicyclic) bond motifs is 1. The van der Waals surface area contributed by atoms with E-state index < -0.39 is 0 Å². The molecule has 1 aliphatic heterocycles. The van der Waals surface area contributed by atoms with Crippen LogP contribution >= 0.6 is 0 Å². The number of hydrogen-bond acceptors (Lipinski definition) is 3. The highest BCUT2D eigenvalue weighted by atomic mass is 16.5. The van der Waals surface area contributed by atoms with Crippen molar-refractivity contribution in [1.29, 1.82) is 0 Å². The second-order valence-corrected chi connectivity index (χ2v) is 4.72. The summed E-state index contributed by atoms with van der Waals surface area (Å²) in [7, 11) is 0. The number of esters is 1. The topological polar surface area (TPSA) is 38.3 Å². The van der Waals surface area contributed by atoms with Crippen molar-refractivity contribution in [3.63, 3.8) is 0 Å². The molecular weight excluding hydrogens is 214 g/mol. The summed E-state index contributed by atoms with van der Waals surface area (Å²) in [4.78, 5) is 11.6. The highest BCUT2D eigenvalue weighted by Gasteiger charge is 2.27. The Kier molecular flexibility index (Phi) is 3.36. The van der Waals surface area contributed by atoms with Crippen LogP contribution in [0.3, 0.4) is 0 Å². The maximum atomic E-state index is 11.6. The van der Waals surface area contributed by atoms with Gasteiger partial charge in [0.25, 0.3) is 0 Å². The summed E-state index contributed by atoms with van der Waals surface area (Å²) < 4.78 is 5.03. The van der Waals surface area contributed by atoms with Gasteiger partial charge in [-0.3, -0.25) is 0 Å². The Labute approximate surface area is 102 Å². The number of ether oxygens (including phenoxy) is 1. The standard InChI is InChI=1S/C14H19NO2/c1-4-17-14(16)13-8-11-6-5-10(9(2)3)7-12(11)15-13/h5-7,9,13,15H,4,8H2,1-3H3. The number of carbonyl (C=O) groups excluding carboxylic acids is 1. The zero-order chi connectivity index (χ0) is 12.4. The summed E-state index contributed by atoms with van der Waals surface area (Å²) in [6.45, 7) is 6.60. The van der Waals surface area contributed by atoms with Crippen LogP contribution in [0.4, 0.5) is 5.69 Å². The Morgan fingerprint density at radius 2 is 2.29 bits per heavy atom. The molecule has 0 amide bonds. The largest absolute Gasteiger partial charge is 0.464 e. The number of anilines is 1. The third kappa shape index (κ3) is 2.43. The van der Waals surface area contributed by atoms with E-state index in [0.29, 0.717) is 12.5 Å². The van der Waals surface area contributed by atoms with Gasteiger partial charge in [-0.1, -0.05) is 26.0 Å². The van der Waals surface area contributed by atoms with Gasteiger partial charge in [-0.15, -0.1) is 0 Å². The van der Waals surface area contributed by atoms with Crippen molar-refractivity contribution in [3.05, 3.63) is 29.3 Å². The number of carbonyl (C=O) groups is 1. The van der Waals surface area contributed by atoms with Gasteiger partial charge in [-0.25, -0.2) is 4.79 Å². The molecule has 1 N–H and O–H groups in total. The number of hydrogen-bond donors (Lipinski definition) is 1. The molecule has 92 valence electrons. The van der Waals surface area contributed by atoms with Gasteiger partial charge >= 0.3 is 5.97 Å². The SMILES string of the molecule is CCOC(=O)C1Cc2ccc(C(C)C)cc2N1. The van der Waals surface area contributed by atoms with E-state index in [1.54, 1.807) is 0 Å². The number of rotatable bonds is 3. The smallest absolute Gasteiger partial charge is 0.328 e. The average Bonchev–Trinajstić information content (AvgIpc) is 2.71. The summed E-state index contributed by atoms with van der Waals surface area (Å²) in [5, 5.41) is 3.24. The first-order valence-electron chi connectivity index (χ1n) is 6.17. The van der Waals surface area contributed by atoms with Crippen molar-refractivity contribution in [1.82, 2.24) is 0 Å². The fourth-order valence-corrected chi connectivity index (χ4v) is 2.11. The molecule has 0 fully saturated rings. The van der Waals surface area contributed by atoms with E-state index in [9.17, 15) is 4.79 Å². The molecule has 1 aliphatic rings. The van der Waals surface area contributed by atoms with Gasteiger partial charge in [0.1, 0.15) is 6.04 Å². The fraction of sp³-hybridized carbons (Fsp3) is 0.500. The molecular formula is C14H19NO2. The fourth-order valence-electron chi connectivity index (χ4n) is 2.11.